The largest absolute Gasteiger partial charge is 0.493 e. The highest BCUT2D eigenvalue weighted by Gasteiger charge is 2.04. The number of hydrogen-bond donors (Lipinski definition) is 1. The highest BCUT2D eigenvalue weighted by molar-refractivity contribution is 5.80. The Hall–Kier alpha value is -2.69. The third kappa shape index (κ3) is 5.14. The summed E-state index contributed by atoms with van der Waals surface area (Å²) in [5, 5.41) is 4.29. The van der Waals surface area contributed by atoms with Gasteiger partial charge in [0.25, 0.3) is 0 Å². The van der Waals surface area contributed by atoms with E-state index in [0.29, 0.717) is 6.54 Å². The van der Waals surface area contributed by atoms with E-state index in [4.69, 9.17) is 9.47 Å². The van der Waals surface area contributed by atoms with Crippen molar-refractivity contribution in [1.82, 2.24) is 5.43 Å². The van der Waals surface area contributed by atoms with E-state index in [1.165, 1.54) is 5.69 Å². The first-order chi connectivity index (χ1) is 12.2. The molecule has 0 aliphatic carbocycles. The zero-order valence-corrected chi connectivity index (χ0v) is 15.5. The molecule has 2 aromatic rings. The lowest BCUT2D eigenvalue weighted by Crippen LogP contribution is -2.21. The van der Waals surface area contributed by atoms with Crippen LogP contribution in [0.5, 0.6) is 11.5 Å². The van der Waals surface area contributed by atoms with Crippen LogP contribution in [0.25, 0.3) is 0 Å². The van der Waals surface area contributed by atoms with Crippen molar-refractivity contribution in [3.63, 3.8) is 0 Å². The lowest BCUT2D eigenvalue weighted by molar-refractivity contribution is 0.354. The first kappa shape index (κ1) is 18.6. The smallest absolute Gasteiger partial charge is 0.161 e. The molecule has 0 amide bonds. The van der Waals surface area contributed by atoms with Crippen molar-refractivity contribution in [2.75, 3.05) is 32.2 Å². The fourth-order valence-corrected chi connectivity index (χ4v) is 2.61. The summed E-state index contributed by atoms with van der Waals surface area (Å²) in [7, 11) is 3.26. The van der Waals surface area contributed by atoms with Crippen molar-refractivity contribution in [1.29, 1.82) is 0 Å². The first-order valence-corrected chi connectivity index (χ1v) is 8.53. The van der Waals surface area contributed by atoms with E-state index in [1.807, 2.05) is 24.4 Å². The fourth-order valence-electron chi connectivity index (χ4n) is 2.61. The standard InChI is InChI=1S/C20H27N3O2/c1-5-23(6-2)18-10-7-16(8-11-18)14-21-22-15-17-9-12-19(24-3)20(13-17)25-4/h7-14,22H,5-6,15H2,1-4H3/b21-14-. The molecule has 134 valence electrons. The minimum Gasteiger partial charge on any atom is -0.493 e. The Morgan fingerprint density at radius 1 is 0.960 bits per heavy atom. The van der Waals surface area contributed by atoms with Gasteiger partial charge >= 0.3 is 0 Å². The Morgan fingerprint density at radius 3 is 2.24 bits per heavy atom. The molecule has 0 fully saturated rings. The van der Waals surface area contributed by atoms with Crippen molar-refractivity contribution in [2.24, 2.45) is 5.10 Å². The van der Waals surface area contributed by atoms with E-state index in [1.54, 1.807) is 14.2 Å². The second-order valence-electron chi connectivity index (χ2n) is 5.55. The summed E-state index contributed by atoms with van der Waals surface area (Å²) in [5.41, 5.74) is 6.44. The average Bonchev–Trinajstić information content (AvgIpc) is 2.67. The molecule has 5 nitrogen and oxygen atoms in total. The molecule has 25 heavy (non-hydrogen) atoms. The van der Waals surface area contributed by atoms with Crippen LogP contribution in [0, 0.1) is 0 Å². The molecule has 0 saturated carbocycles. The molecular formula is C20H27N3O2. The summed E-state index contributed by atoms with van der Waals surface area (Å²) >= 11 is 0. The molecule has 2 aromatic carbocycles. The van der Waals surface area contributed by atoms with Gasteiger partial charge in [-0.3, -0.25) is 0 Å². The van der Waals surface area contributed by atoms with Crippen molar-refractivity contribution >= 4 is 11.9 Å². The average molecular weight is 341 g/mol. The molecule has 1 N–H and O–H groups in total. The van der Waals surface area contributed by atoms with Gasteiger partial charge in [-0.15, -0.1) is 0 Å². The maximum Gasteiger partial charge on any atom is 0.161 e. The Morgan fingerprint density at radius 2 is 1.64 bits per heavy atom. The molecule has 0 aliphatic heterocycles. The predicted octanol–water partition coefficient (Wildman–Crippen LogP) is 3.67. The zero-order valence-electron chi connectivity index (χ0n) is 15.5. The Balaban J connectivity index is 1.91. The summed E-state index contributed by atoms with van der Waals surface area (Å²) in [6, 6.07) is 14.2. The zero-order chi connectivity index (χ0) is 18.1. The van der Waals surface area contributed by atoms with Crippen LogP contribution in [0.3, 0.4) is 0 Å². The number of hydrazone groups is 1. The van der Waals surface area contributed by atoms with Crippen LogP contribution < -0.4 is 19.8 Å². The molecule has 2 rings (SSSR count). The van der Waals surface area contributed by atoms with Gasteiger partial charge in [0.05, 0.1) is 27.0 Å². The number of nitrogens with zero attached hydrogens (tertiary/aromatic N) is 2. The topological polar surface area (TPSA) is 46.1 Å². The van der Waals surface area contributed by atoms with Crippen molar-refractivity contribution in [3.05, 3.63) is 53.6 Å². The van der Waals surface area contributed by atoms with Gasteiger partial charge < -0.3 is 19.8 Å². The van der Waals surface area contributed by atoms with Crippen molar-refractivity contribution in [3.8, 4) is 11.5 Å². The van der Waals surface area contributed by atoms with Crippen molar-refractivity contribution in [2.45, 2.75) is 20.4 Å². The van der Waals surface area contributed by atoms with Crippen LogP contribution in [-0.2, 0) is 6.54 Å². The summed E-state index contributed by atoms with van der Waals surface area (Å²) in [6.07, 6.45) is 1.83. The third-order valence-corrected chi connectivity index (χ3v) is 4.06. The number of nitrogens with one attached hydrogen (secondary N) is 1. The second-order valence-corrected chi connectivity index (χ2v) is 5.55. The molecule has 0 unspecified atom stereocenters. The maximum absolute atomic E-state index is 5.31. The van der Waals surface area contributed by atoms with Crippen LogP contribution in [-0.4, -0.2) is 33.5 Å². The molecule has 5 heteroatoms. The number of anilines is 1. The van der Waals surface area contributed by atoms with Gasteiger partial charge in [-0.2, -0.15) is 5.10 Å². The highest BCUT2D eigenvalue weighted by Crippen LogP contribution is 2.27. The lowest BCUT2D eigenvalue weighted by atomic mass is 10.2. The second kappa shape index (κ2) is 9.57. The van der Waals surface area contributed by atoms with Crippen LogP contribution in [0.2, 0.25) is 0 Å². The predicted molar refractivity (Wildman–Crippen MR) is 104 cm³/mol. The van der Waals surface area contributed by atoms with Crippen LogP contribution in [0.4, 0.5) is 5.69 Å². The minimum absolute atomic E-state index is 0.619. The van der Waals surface area contributed by atoms with E-state index in [0.717, 1.165) is 35.7 Å². The minimum atomic E-state index is 0.619. The van der Waals surface area contributed by atoms with Crippen LogP contribution in [0.15, 0.2) is 47.6 Å². The summed E-state index contributed by atoms with van der Waals surface area (Å²) in [6.45, 7) is 6.97. The van der Waals surface area contributed by atoms with Crippen LogP contribution in [0.1, 0.15) is 25.0 Å². The van der Waals surface area contributed by atoms with Gasteiger partial charge in [-0.25, -0.2) is 0 Å². The van der Waals surface area contributed by atoms with Gasteiger partial charge in [0, 0.05) is 18.8 Å². The Labute approximate surface area is 150 Å². The van der Waals surface area contributed by atoms with Gasteiger partial charge in [-0.1, -0.05) is 18.2 Å². The molecular weight excluding hydrogens is 314 g/mol. The number of ether oxygens (including phenoxy) is 2. The highest BCUT2D eigenvalue weighted by atomic mass is 16.5. The monoisotopic (exact) mass is 341 g/mol. The maximum atomic E-state index is 5.31. The molecule has 0 bridgehead atoms. The number of benzene rings is 2. The third-order valence-electron chi connectivity index (χ3n) is 4.06. The summed E-state index contributed by atoms with van der Waals surface area (Å²) in [4.78, 5) is 2.32. The van der Waals surface area contributed by atoms with E-state index < -0.39 is 0 Å². The van der Waals surface area contributed by atoms with E-state index in [-0.39, 0.29) is 0 Å². The van der Waals surface area contributed by atoms with E-state index in [9.17, 15) is 0 Å². The number of hydrogen-bond acceptors (Lipinski definition) is 5. The molecule has 0 aliphatic rings. The van der Waals surface area contributed by atoms with Crippen molar-refractivity contribution < 1.29 is 9.47 Å². The van der Waals surface area contributed by atoms with Gasteiger partial charge in [0.1, 0.15) is 0 Å². The lowest BCUT2D eigenvalue weighted by Gasteiger charge is -2.20. The van der Waals surface area contributed by atoms with E-state index >= 15 is 0 Å². The normalized spacial score (nSPS) is 10.7. The molecule has 0 atom stereocenters. The molecule has 0 heterocycles. The number of methoxy groups -OCH3 is 2. The van der Waals surface area contributed by atoms with Gasteiger partial charge in [0.15, 0.2) is 11.5 Å². The molecule has 0 radical (unpaired) electrons. The first-order valence-electron chi connectivity index (χ1n) is 8.53. The Kier molecular flexibility index (Phi) is 7.14. The van der Waals surface area contributed by atoms with E-state index in [2.05, 4.69) is 53.5 Å². The molecule has 0 saturated heterocycles. The Bertz CT molecular complexity index is 680. The SMILES string of the molecule is CCN(CC)c1ccc(/C=N\NCc2ccc(OC)c(OC)c2)cc1. The summed E-state index contributed by atoms with van der Waals surface area (Å²) < 4.78 is 10.5. The number of rotatable bonds is 9. The fraction of sp³-hybridized carbons (Fsp3) is 0.350. The van der Waals surface area contributed by atoms with Gasteiger partial charge in [0.2, 0.25) is 0 Å². The van der Waals surface area contributed by atoms with Gasteiger partial charge in [-0.05, 0) is 49.2 Å². The summed E-state index contributed by atoms with van der Waals surface area (Å²) in [5.74, 6) is 1.45. The molecule has 0 aromatic heterocycles. The molecule has 0 spiro atoms. The quantitative estimate of drug-likeness (QED) is 0.558. The van der Waals surface area contributed by atoms with Crippen LogP contribution >= 0.6 is 0 Å².